The number of nitrogens with zero attached hydrogens (tertiary/aromatic N) is 3. The SMILES string of the molecule is CN(C(=O)Cc1noc(C2CCC3(CC2)NC(=O)NC3=O)n1)C1CCCCC1. The maximum atomic E-state index is 12.6. The lowest BCUT2D eigenvalue weighted by Crippen LogP contribution is -2.49. The number of rotatable bonds is 4. The topological polar surface area (TPSA) is 117 Å². The van der Waals surface area contributed by atoms with Crippen LogP contribution >= 0.6 is 0 Å². The van der Waals surface area contributed by atoms with Crippen LogP contribution < -0.4 is 10.6 Å². The van der Waals surface area contributed by atoms with Crippen LogP contribution in [-0.4, -0.2) is 51.5 Å². The zero-order valence-corrected chi connectivity index (χ0v) is 16.2. The highest BCUT2D eigenvalue weighted by Gasteiger charge is 2.48. The molecule has 9 heteroatoms. The number of carbonyl (C=O) groups is 3. The fourth-order valence-electron chi connectivity index (χ4n) is 4.67. The van der Waals surface area contributed by atoms with Crippen LogP contribution in [0.2, 0.25) is 0 Å². The van der Waals surface area contributed by atoms with Gasteiger partial charge in [-0.2, -0.15) is 4.98 Å². The number of nitrogens with one attached hydrogen (secondary N) is 2. The van der Waals surface area contributed by atoms with Crippen LogP contribution in [0, 0.1) is 0 Å². The third-order valence-corrected chi connectivity index (χ3v) is 6.51. The summed E-state index contributed by atoms with van der Waals surface area (Å²) in [6, 6.07) is -0.112. The number of imide groups is 1. The normalized spacial score (nSPS) is 28.2. The van der Waals surface area contributed by atoms with Gasteiger partial charge in [0.2, 0.25) is 11.8 Å². The molecule has 0 atom stereocenters. The minimum Gasteiger partial charge on any atom is -0.342 e. The summed E-state index contributed by atoms with van der Waals surface area (Å²) in [5.74, 6) is 0.742. The Morgan fingerprint density at radius 1 is 1.18 bits per heavy atom. The van der Waals surface area contributed by atoms with Gasteiger partial charge in [-0.1, -0.05) is 24.4 Å². The Labute approximate surface area is 163 Å². The van der Waals surface area contributed by atoms with Crippen molar-refractivity contribution >= 4 is 17.8 Å². The molecule has 0 radical (unpaired) electrons. The van der Waals surface area contributed by atoms with Crippen LogP contribution in [-0.2, 0) is 16.0 Å². The van der Waals surface area contributed by atoms with E-state index in [0.29, 0.717) is 43.4 Å². The third kappa shape index (κ3) is 3.62. The van der Waals surface area contributed by atoms with Gasteiger partial charge in [0.1, 0.15) is 5.54 Å². The average molecular weight is 389 g/mol. The van der Waals surface area contributed by atoms with Gasteiger partial charge in [-0.25, -0.2) is 4.79 Å². The van der Waals surface area contributed by atoms with Crippen molar-refractivity contribution in [2.24, 2.45) is 0 Å². The van der Waals surface area contributed by atoms with E-state index < -0.39 is 11.6 Å². The molecule has 1 aliphatic heterocycles. The molecule has 3 aliphatic rings. The summed E-state index contributed by atoms with van der Waals surface area (Å²) in [7, 11) is 1.86. The molecule has 0 aromatic carbocycles. The number of carbonyl (C=O) groups excluding carboxylic acids is 3. The van der Waals surface area contributed by atoms with Crippen molar-refractivity contribution in [3.05, 3.63) is 11.7 Å². The lowest BCUT2D eigenvalue weighted by molar-refractivity contribution is -0.132. The minimum atomic E-state index is -0.797. The van der Waals surface area contributed by atoms with Crippen LogP contribution in [0.4, 0.5) is 4.79 Å². The number of urea groups is 1. The first-order valence-corrected chi connectivity index (χ1v) is 10.2. The van der Waals surface area contributed by atoms with Crippen molar-refractivity contribution in [1.82, 2.24) is 25.7 Å². The molecule has 9 nitrogen and oxygen atoms in total. The number of aromatic nitrogens is 2. The molecular weight excluding hydrogens is 362 g/mol. The second kappa shape index (κ2) is 7.52. The standard InChI is InChI=1S/C19H27N5O4/c1-24(13-5-3-2-4-6-13)15(25)11-14-20-16(28-23-14)12-7-9-19(10-8-12)17(26)21-18(27)22-19/h12-13H,2-11H2,1H3,(H2,21,22,26,27). The van der Waals surface area contributed by atoms with E-state index in [4.69, 9.17) is 4.52 Å². The second-order valence-corrected chi connectivity index (χ2v) is 8.29. The summed E-state index contributed by atoms with van der Waals surface area (Å²) in [6.45, 7) is 0. The summed E-state index contributed by atoms with van der Waals surface area (Å²) in [6.07, 6.45) is 8.30. The predicted molar refractivity (Wildman–Crippen MR) is 98.3 cm³/mol. The Morgan fingerprint density at radius 3 is 2.54 bits per heavy atom. The Balaban J connectivity index is 1.33. The quantitative estimate of drug-likeness (QED) is 0.756. The highest BCUT2D eigenvalue weighted by Crippen LogP contribution is 2.38. The fourth-order valence-corrected chi connectivity index (χ4v) is 4.67. The van der Waals surface area contributed by atoms with Crippen LogP contribution in [0.1, 0.15) is 75.4 Å². The number of likely N-dealkylation sites (N-methyl/N-ethyl adjacent to an activating group) is 1. The molecule has 152 valence electrons. The van der Waals surface area contributed by atoms with Crippen molar-refractivity contribution in [1.29, 1.82) is 0 Å². The maximum Gasteiger partial charge on any atom is 0.322 e. The molecule has 2 N–H and O–H groups in total. The van der Waals surface area contributed by atoms with Crippen molar-refractivity contribution in [3.8, 4) is 0 Å². The Morgan fingerprint density at radius 2 is 1.89 bits per heavy atom. The lowest BCUT2D eigenvalue weighted by atomic mass is 9.76. The van der Waals surface area contributed by atoms with Gasteiger partial charge in [0.25, 0.3) is 5.91 Å². The van der Waals surface area contributed by atoms with Crippen molar-refractivity contribution in [2.75, 3.05) is 7.05 Å². The highest BCUT2D eigenvalue weighted by molar-refractivity contribution is 6.07. The van der Waals surface area contributed by atoms with E-state index in [9.17, 15) is 14.4 Å². The van der Waals surface area contributed by atoms with Crippen LogP contribution in [0.3, 0.4) is 0 Å². The van der Waals surface area contributed by atoms with Gasteiger partial charge < -0.3 is 14.7 Å². The van der Waals surface area contributed by atoms with Crippen LogP contribution in [0.5, 0.6) is 0 Å². The number of hydrogen-bond acceptors (Lipinski definition) is 6. The van der Waals surface area contributed by atoms with E-state index in [2.05, 4.69) is 20.8 Å². The largest absolute Gasteiger partial charge is 0.342 e. The zero-order chi connectivity index (χ0) is 19.7. The summed E-state index contributed by atoms with van der Waals surface area (Å²) in [4.78, 5) is 42.3. The van der Waals surface area contributed by atoms with Crippen molar-refractivity contribution < 1.29 is 18.9 Å². The van der Waals surface area contributed by atoms with Crippen molar-refractivity contribution in [3.63, 3.8) is 0 Å². The van der Waals surface area contributed by atoms with Crippen LogP contribution in [0.25, 0.3) is 0 Å². The molecule has 2 heterocycles. The minimum absolute atomic E-state index is 0.0205. The van der Waals surface area contributed by atoms with Gasteiger partial charge in [-0.05, 0) is 38.5 Å². The summed E-state index contributed by atoms with van der Waals surface area (Å²) < 4.78 is 5.41. The zero-order valence-electron chi connectivity index (χ0n) is 16.2. The summed E-state index contributed by atoms with van der Waals surface area (Å²) in [5, 5.41) is 9.05. The van der Waals surface area contributed by atoms with E-state index in [1.807, 2.05) is 11.9 Å². The molecule has 1 saturated heterocycles. The predicted octanol–water partition coefficient (Wildman–Crippen LogP) is 1.64. The van der Waals surface area contributed by atoms with Gasteiger partial charge in [0.15, 0.2) is 5.82 Å². The average Bonchev–Trinajstić information content (AvgIpc) is 3.27. The van der Waals surface area contributed by atoms with E-state index >= 15 is 0 Å². The van der Waals surface area contributed by atoms with Gasteiger partial charge in [0.05, 0.1) is 6.42 Å². The maximum absolute atomic E-state index is 12.6. The van der Waals surface area contributed by atoms with Gasteiger partial charge in [-0.3, -0.25) is 14.9 Å². The van der Waals surface area contributed by atoms with E-state index in [-0.39, 0.29) is 24.2 Å². The smallest absolute Gasteiger partial charge is 0.322 e. The summed E-state index contributed by atoms with van der Waals surface area (Å²) >= 11 is 0. The first kappa shape index (κ1) is 18.9. The second-order valence-electron chi connectivity index (χ2n) is 8.29. The van der Waals surface area contributed by atoms with Gasteiger partial charge in [-0.15, -0.1) is 0 Å². The van der Waals surface area contributed by atoms with E-state index in [1.165, 1.54) is 19.3 Å². The highest BCUT2D eigenvalue weighted by atomic mass is 16.5. The molecule has 3 fully saturated rings. The Bertz CT molecular complexity index is 762. The Hall–Kier alpha value is -2.45. The monoisotopic (exact) mass is 389 g/mol. The molecule has 2 aliphatic carbocycles. The number of hydrogen-bond donors (Lipinski definition) is 2. The molecular formula is C19H27N5O4. The molecule has 28 heavy (non-hydrogen) atoms. The van der Waals surface area contributed by atoms with E-state index in [1.54, 1.807) is 0 Å². The van der Waals surface area contributed by atoms with Crippen LogP contribution in [0.15, 0.2) is 4.52 Å². The molecule has 1 aromatic heterocycles. The number of amides is 4. The van der Waals surface area contributed by atoms with Gasteiger partial charge >= 0.3 is 6.03 Å². The fraction of sp³-hybridized carbons (Fsp3) is 0.737. The molecule has 4 rings (SSSR count). The molecule has 1 spiro atoms. The van der Waals surface area contributed by atoms with Gasteiger partial charge in [0, 0.05) is 19.0 Å². The van der Waals surface area contributed by atoms with Crippen molar-refractivity contribution in [2.45, 2.75) is 81.7 Å². The lowest BCUT2D eigenvalue weighted by Gasteiger charge is -2.33. The molecule has 0 bridgehead atoms. The summed E-state index contributed by atoms with van der Waals surface area (Å²) in [5.41, 5.74) is -0.797. The first-order chi connectivity index (χ1) is 13.5. The first-order valence-electron chi connectivity index (χ1n) is 10.2. The van der Waals surface area contributed by atoms with E-state index in [0.717, 1.165) is 12.8 Å². The molecule has 1 aromatic rings. The molecule has 4 amide bonds. The Kier molecular flexibility index (Phi) is 5.07. The molecule has 0 unspecified atom stereocenters. The molecule has 2 saturated carbocycles. The third-order valence-electron chi connectivity index (χ3n) is 6.51.